The summed E-state index contributed by atoms with van der Waals surface area (Å²) in [7, 11) is -2.00. The van der Waals surface area contributed by atoms with E-state index in [-0.39, 0.29) is 0 Å². The normalized spacial score (nSPS) is 11.8. The maximum Gasteiger partial charge on any atom is 0.243 e. The maximum atomic E-state index is 13.0. The van der Waals surface area contributed by atoms with Gasteiger partial charge in [-0.15, -0.1) is 0 Å². The van der Waals surface area contributed by atoms with Gasteiger partial charge in [0.25, 0.3) is 0 Å². The number of methoxy groups -OCH3 is 1. The minimum atomic E-state index is -3.57. The Morgan fingerprint density at radius 3 is 2.29 bits per heavy atom. The zero-order valence-electron chi connectivity index (χ0n) is 14.2. The van der Waals surface area contributed by atoms with Gasteiger partial charge in [-0.2, -0.15) is 4.31 Å². The van der Waals surface area contributed by atoms with Gasteiger partial charge in [0.1, 0.15) is 0 Å². The molecule has 0 unspecified atom stereocenters. The molecule has 1 aromatic heterocycles. The molecule has 0 aliphatic carbocycles. The van der Waals surface area contributed by atoms with Crippen molar-refractivity contribution in [1.29, 1.82) is 0 Å². The molecule has 0 N–H and O–H groups in total. The van der Waals surface area contributed by atoms with Gasteiger partial charge in [0.2, 0.25) is 10.0 Å². The van der Waals surface area contributed by atoms with E-state index in [9.17, 15) is 8.42 Å². The van der Waals surface area contributed by atoms with Crippen LogP contribution in [0.3, 0.4) is 0 Å². The second-order valence-corrected chi connectivity index (χ2v) is 7.52. The number of aromatic nitrogens is 1. The molecular weight excluding hydrogens is 324 g/mol. The summed E-state index contributed by atoms with van der Waals surface area (Å²) in [4.78, 5) is 4.28. The summed E-state index contributed by atoms with van der Waals surface area (Å²) in [6, 6.07) is 10.8. The second kappa shape index (κ2) is 8.92. The van der Waals surface area contributed by atoms with Crippen molar-refractivity contribution >= 4 is 10.0 Å². The maximum absolute atomic E-state index is 13.0. The van der Waals surface area contributed by atoms with E-state index in [4.69, 9.17) is 4.74 Å². The Morgan fingerprint density at radius 1 is 1.04 bits per heavy atom. The molecule has 1 heterocycles. The molecule has 6 heteroatoms. The number of nitrogens with zero attached hydrogens (tertiary/aromatic N) is 2. The summed E-state index contributed by atoms with van der Waals surface area (Å²) in [5.74, 6) is 0. The zero-order chi connectivity index (χ0) is 17.4. The van der Waals surface area contributed by atoms with Crippen LogP contribution in [0, 0.1) is 0 Å². The minimum Gasteiger partial charge on any atom is -0.383 e. The Balaban J connectivity index is 2.25. The highest BCUT2D eigenvalue weighted by molar-refractivity contribution is 7.89. The number of benzene rings is 1. The summed E-state index contributed by atoms with van der Waals surface area (Å²) in [5, 5.41) is 0. The van der Waals surface area contributed by atoms with Gasteiger partial charge in [0.15, 0.2) is 0 Å². The number of rotatable bonds is 9. The molecule has 0 radical (unpaired) electrons. The molecular formula is C18H24N2O3S. The lowest BCUT2D eigenvalue weighted by Crippen LogP contribution is -2.33. The first-order valence-electron chi connectivity index (χ1n) is 8.05. The van der Waals surface area contributed by atoms with Gasteiger partial charge in [-0.1, -0.05) is 25.5 Å². The first-order chi connectivity index (χ1) is 11.6. The van der Waals surface area contributed by atoms with Crippen LogP contribution in [-0.2, 0) is 27.7 Å². The highest BCUT2D eigenvalue weighted by atomic mass is 32.2. The van der Waals surface area contributed by atoms with Crippen molar-refractivity contribution in [3.63, 3.8) is 0 Å². The molecule has 130 valence electrons. The van der Waals surface area contributed by atoms with Gasteiger partial charge < -0.3 is 4.74 Å². The fraction of sp³-hybridized carbons (Fsp3) is 0.389. The molecule has 0 atom stereocenters. The molecule has 1 aromatic carbocycles. The molecule has 5 nitrogen and oxygen atoms in total. The van der Waals surface area contributed by atoms with Crippen LogP contribution in [0.15, 0.2) is 53.7 Å². The van der Waals surface area contributed by atoms with E-state index in [2.05, 4.69) is 11.9 Å². The van der Waals surface area contributed by atoms with Crippen molar-refractivity contribution in [2.24, 2.45) is 0 Å². The van der Waals surface area contributed by atoms with Crippen molar-refractivity contribution in [2.75, 3.05) is 20.3 Å². The first-order valence-corrected chi connectivity index (χ1v) is 9.49. The first kappa shape index (κ1) is 18.6. The number of sulfonamides is 1. The predicted octanol–water partition coefficient (Wildman–Crippen LogP) is 2.87. The van der Waals surface area contributed by atoms with Crippen molar-refractivity contribution in [2.45, 2.75) is 31.2 Å². The second-order valence-electron chi connectivity index (χ2n) is 5.58. The van der Waals surface area contributed by atoms with Gasteiger partial charge in [-0.05, 0) is 41.8 Å². The van der Waals surface area contributed by atoms with Crippen LogP contribution in [0.25, 0.3) is 0 Å². The SMILES string of the molecule is CCCc1ccc(S(=O)(=O)N(CCOC)Cc2ccncc2)cc1. The lowest BCUT2D eigenvalue weighted by Gasteiger charge is -2.22. The largest absolute Gasteiger partial charge is 0.383 e. The van der Waals surface area contributed by atoms with Crippen LogP contribution in [0.5, 0.6) is 0 Å². The number of hydrogen-bond donors (Lipinski definition) is 0. The molecule has 0 spiro atoms. The molecule has 0 aliphatic rings. The van der Waals surface area contributed by atoms with Crippen LogP contribution in [0.4, 0.5) is 0 Å². The van der Waals surface area contributed by atoms with E-state index in [1.54, 1.807) is 31.6 Å². The monoisotopic (exact) mass is 348 g/mol. The minimum absolute atomic E-state index is 0.297. The third-order valence-electron chi connectivity index (χ3n) is 3.75. The molecule has 24 heavy (non-hydrogen) atoms. The quantitative estimate of drug-likeness (QED) is 0.699. The van der Waals surface area contributed by atoms with Gasteiger partial charge in [0, 0.05) is 32.6 Å². The third kappa shape index (κ3) is 4.87. The lowest BCUT2D eigenvalue weighted by molar-refractivity contribution is 0.177. The van der Waals surface area contributed by atoms with Gasteiger partial charge in [-0.3, -0.25) is 4.98 Å². The van der Waals surface area contributed by atoms with E-state index in [1.807, 2.05) is 24.3 Å². The Kier molecular flexibility index (Phi) is 6.90. The van der Waals surface area contributed by atoms with Crippen molar-refractivity contribution in [3.8, 4) is 0 Å². The fourth-order valence-corrected chi connectivity index (χ4v) is 3.85. The van der Waals surface area contributed by atoms with E-state index in [0.29, 0.717) is 24.6 Å². The van der Waals surface area contributed by atoms with Crippen LogP contribution in [0.1, 0.15) is 24.5 Å². The third-order valence-corrected chi connectivity index (χ3v) is 5.61. The van der Waals surface area contributed by atoms with E-state index >= 15 is 0 Å². The number of aryl methyl sites for hydroxylation is 1. The number of ether oxygens (including phenoxy) is 1. The molecule has 0 saturated heterocycles. The smallest absolute Gasteiger partial charge is 0.243 e. The summed E-state index contributed by atoms with van der Waals surface area (Å²) < 4.78 is 32.5. The van der Waals surface area contributed by atoms with E-state index in [1.165, 1.54) is 4.31 Å². The molecule has 0 fully saturated rings. The number of hydrogen-bond acceptors (Lipinski definition) is 4. The summed E-state index contributed by atoms with van der Waals surface area (Å²) >= 11 is 0. The summed E-state index contributed by atoms with van der Waals surface area (Å²) in [5.41, 5.74) is 2.04. The Bertz CT molecular complexity index is 716. The van der Waals surface area contributed by atoms with Crippen LogP contribution >= 0.6 is 0 Å². The van der Waals surface area contributed by atoms with Crippen molar-refractivity contribution in [3.05, 3.63) is 59.9 Å². The Labute approximate surface area is 144 Å². The molecule has 2 rings (SSSR count). The van der Waals surface area contributed by atoms with Crippen molar-refractivity contribution in [1.82, 2.24) is 9.29 Å². The highest BCUT2D eigenvalue weighted by Crippen LogP contribution is 2.19. The van der Waals surface area contributed by atoms with Gasteiger partial charge in [-0.25, -0.2) is 8.42 Å². The van der Waals surface area contributed by atoms with Crippen LogP contribution in [-0.4, -0.2) is 38.0 Å². The molecule has 0 aliphatic heterocycles. The van der Waals surface area contributed by atoms with E-state index in [0.717, 1.165) is 24.0 Å². The van der Waals surface area contributed by atoms with E-state index < -0.39 is 10.0 Å². The Morgan fingerprint density at radius 2 is 1.71 bits per heavy atom. The van der Waals surface area contributed by atoms with Crippen LogP contribution in [0.2, 0.25) is 0 Å². The molecule has 0 saturated carbocycles. The topological polar surface area (TPSA) is 59.5 Å². The highest BCUT2D eigenvalue weighted by Gasteiger charge is 2.24. The molecule has 2 aromatic rings. The zero-order valence-corrected chi connectivity index (χ0v) is 15.0. The predicted molar refractivity (Wildman–Crippen MR) is 94.1 cm³/mol. The standard InChI is InChI=1S/C18H24N2O3S/c1-3-4-16-5-7-18(8-6-16)24(21,22)20(13-14-23-2)15-17-9-11-19-12-10-17/h5-12H,3-4,13-15H2,1-2H3. The number of pyridine rings is 1. The Hall–Kier alpha value is -1.76. The average molecular weight is 348 g/mol. The fourth-order valence-electron chi connectivity index (χ4n) is 2.43. The summed E-state index contributed by atoms with van der Waals surface area (Å²) in [6.45, 7) is 3.05. The van der Waals surface area contributed by atoms with Gasteiger partial charge >= 0.3 is 0 Å². The van der Waals surface area contributed by atoms with Gasteiger partial charge in [0.05, 0.1) is 11.5 Å². The van der Waals surface area contributed by atoms with Crippen LogP contribution < -0.4 is 0 Å². The molecule has 0 amide bonds. The summed E-state index contributed by atoms with van der Waals surface area (Å²) in [6.07, 6.45) is 5.31. The van der Waals surface area contributed by atoms with Crippen molar-refractivity contribution < 1.29 is 13.2 Å². The average Bonchev–Trinajstić information content (AvgIpc) is 2.60. The molecule has 0 bridgehead atoms. The lowest BCUT2D eigenvalue weighted by atomic mass is 10.1.